The van der Waals surface area contributed by atoms with Crippen LogP contribution < -0.4 is 10.0 Å². The molecule has 114 valence electrons. The molecule has 1 atom stereocenters. The van der Waals surface area contributed by atoms with Crippen LogP contribution in [0.5, 0.6) is 0 Å². The lowest BCUT2D eigenvalue weighted by molar-refractivity contribution is 0.575. The lowest BCUT2D eigenvalue weighted by Gasteiger charge is -2.19. The van der Waals surface area contributed by atoms with Gasteiger partial charge in [0.15, 0.2) is 9.84 Å². The Balaban J connectivity index is 1.84. The van der Waals surface area contributed by atoms with Crippen molar-refractivity contribution in [2.45, 2.75) is 23.8 Å². The van der Waals surface area contributed by atoms with Gasteiger partial charge in [-0.25, -0.2) is 21.6 Å². The van der Waals surface area contributed by atoms with Gasteiger partial charge in [0.25, 0.3) is 0 Å². The van der Waals surface area contributed by atoms with Crippen molar-refractivity contribution in [3.63, 3.8) is 0 Å². The summed E-state index contributed by atoms with van der Waals surface area (Å²) in [7, 11) is -7.02. The summed E-state index contributed by atoms with van der Waals surface area (Å²) < 4.78 is 49.7. The van der Waals surface area contributed by atoms with Gasteiger partial charge in [-0.1, -0.05) is 12.1 Å². The molecule has 2 aliphatic heterocycles. The number of benzene rings is 1. The van der Waals surface area contributed by atoms with Crippen LogP contribution in [0, 0.1) is 0 Å². The summed E-state index contributed by atoms with van der Waals surface area (Å²) in [6.45, 7) is 0.827. The van der Waals surface area contributed by atoms with E-state index in [1.165, 1.54) is 6.08 Å². The average Bonchev–Trinajstić information content (AvgIpc) is 2.76. The van der Waals surface area contributed by atoms with E-state index in [1.54, 1.807) is 18.2 Å². The summed E-state index contributed by atoms with van der Waals surface area (Å²) in [5.74, 6) is -0.227. The molecule has 2 heterocycles. The molecule has 6 nitrogen and oxygen atoms in total. The van der Waals surface area contributed by atoms with Crippen molar-refractivity contribution in [3.05, 3.63) is 35.2 Å². The number of fused-ring (bicyclic) bond motifs is 1. The van der Waals surface area contributed by atoms with Crippen LogP contribution in [-0.2, 0) is 26.3 Å². The Bertz CT molecular complexity index is 797. The SMILES string of the molecule is O=S1(=O)C=CC(NS(=O)(=O)c2ccc3c(c2)NCCC3)C1. The van der Waals surface area contributed by atoms with Gasteiger partial charge in [0.2, 0.25) is 10.0 Å². The first-order valence-electron chi connectivity index (χ1n) is 6.66. The molecule has 0 fully saturated rings. The highest BCUT2D eigenvalue weighted by Gasteiger charge is 2.27. The van der Waals surface area contributed by atoms with E-state index in [0.717, 1.165) is 36.0 Å². The standard InChI is InChI=1S/C13H16N2O4S2/c16-20(17)7-5-11(9-20)15-21(18,19)12-4-3-10-2-1-6-14-13(10)8-12/h3-5,7-8,11,14-15H,1-2,6,9H2. The van der Waals surface area contributed by atoms with Crippen LogP contribution in [-0.4, -0.2) is 35.2 Å². The number of aryl methyl sites for hydroxylation is 1. The van der Waals surface area contributed by atoms with Gasteiger partial charge in [-0.3, -0.25) is 0 Å². The summed E-state index contributed by atoms with van der Waals surface area (Å²) >= 11 is 0. The molecule has 1 aromatic rings. The number of sulfone groups is 1. The van der Waals surface area contributed by atoms with Crippen LogP contribution in [0.25, 0.3) is 0 Å². The molecule has 1 unspecified atom stereocenters. The number of nitrogens with one attached hydrogen (secondary N) is 2. The zero-order chi connectivity index (χ0) is 15.1. The van der Waals surface area contributed by atoms with E-state index in [9.17, 15) is 16.8 Å². The highest BCUT2D eigenvalue weighted by Crippen LogP contribution is 2.25. The Morgan fingerprint density at radius 3 is 2.81 bits per heavy atom. The molecule has 0 saturated carbocycles. The normalized spacial score (nSPS) is 23.5. The van der Waals surface area contributed by atoms with Gasteiger partial charge >= 0.3 is 0 Å². The van der Waals surface area contributed by atoms with E-state index in [-0.39, 0.29) is 10.6 Å². The third-order valence-corrected chi connectivity index (χ3v) is 6.45. The predicted octanol–water partition coefficient (Wildman–Crippen LogP) is 0.634. The summed E-state index contributed by atoms with van der Waals surface area (Å²) in [4.78, 5) is 0.147. The van der Waals surface area contributed by atoms with Crippen LogP contribution in [0.4, 0.5) is 5.69 Å². The molecule has 0 amide bonds. The second-order valence-electron chi connectivity index (χ2n) is 5.24. The number of anilines is 1. The van der Waals surface area contributed by atoms with Gasteiger partial charge < -0.3 is 5.32 Å². The minimum Gasteiger partial charge on any atom is -0.385 e. The van der Waals surface area contributed by atoms with Crippen LogP contribution in [0.15, 0.2) is 34.6 Å². The second-order valence-corrected chi connectivity index (χ2v) is 8.88. The van der Waals surface area contributed by atoms with Crippen molar-refractivity contribution >= 4 is 25.5 Å². The predicted molar refractivity (Wildman–Crippen MR) is 80.3 cm³/mol. The molecule has 3 rings (SSSR count). The summed E-state index contributed by atoms with van der Waals surface area (Å²) in [5, 5.41) is 4.23. The Morgan fingerprint density at radius 1 is 1.29 bits per heavy atom. The van der Waals surface area contributed by atoms with Gasteiger partial charge in [-0.15, -0.1) is 0 Å². The quantitative estimate of drug-likeness (QED) is 0.849. The van der Waals surface area contributed by atoms with Crippen molar-refractivity contribution in [1.82, 2.24) is 4.72 Å². The lowest BCUT2D eigenvalue weighted by atomic mass is 10.0. The van der Waals surface area contributed by atoms with Gasteiger partial charge in [-0.2, -0.15) is 0 Å². The largest absolute Gasteiger partial charge is 0.385 e. The Morgan fingerprint density at radius 2 is 2.10 bits per heavy atom. The molecular formula is C13H16N2O4S2. The molecule has 0 radical (unpaired) electrons. The molecule has 0 aliphatic carbocycles. The first kappa shape index (κ1) is 14.6. The Hall–Kier alpha value is -1.38. The second kappa shape index (κ2) is 5.11. The summed E-state index contributed by atoms with van der Waals surface area (Å²) in [6.07, 6.45) is 3.32. The van der Waals surface area contributed by atoms with Crippen molar-refractivity contribution in [1.29, 1.82) is 0 Å². The van der Waals surface area contributed by atoms with Crippen LogP contribution in [0.3, 0.4) is 0 Å². The molecule has 0 spiro atoms. The minimum absolute atomic E-state index is 0.147. The molecule has 0 saturated heterocycles. The highest BCUT2D eigenvalue weighted by atomic mass is 32.2. The van der Waals surface area contributed by atoms with E-state index >= 15 is 0 Å². The number of hydrogen-bond acceptors (Lipinski definition) is 5. The zero-order valence-corrected chi connectivity index (χ0v) is 12.9. The Labute approximate surface area is 124 Å². The minimum atomic E-state index is -3.73. The van der Waals surface area contributed by atoms with Crippen molar-refractivity contribution in [2.24, 2.45) is 0 Å². The molecular weight excluding hydrogens is 312 g/mol. The molecule has 2 N–H and O–H groups in total. The third-order valence-electron chi connectivity index (χ3n) is 3.57. The first-order chi connectivity index (χ1) is 9.86. The van der Waals surface area contributed by atoms with E-state index < -0.39 is 25.9 Å². The van der Waals surface area contributed by atoms with E-state index in [0.29, 0.717) is 0 Å². The van der Waals surface area contributed by atoms with E-state index in [4.69, 9.17) is 0 Å². The molecule has 8 heteroatoms. The van der Waals surface area contributed by atoms with Gasteiger partial charge in [0.05, 0.1) is 16.7 Å². The van der Waals surface area contributed by atoms with E-state index in [2.05, 4.69) is 10.0 Å². The fourth-order valence-corrected chi connectivity index (χ4v) is 5.08. The molecule has 21 heavy (non-hydrogen) atoms. The maximum absolute atomic E-state index is 12.3. The fourth-order valence-electron chi connectivity index (χ4n) is 2.52. The first-order valence-corrected chi connectivity index (χ1v) is 9.86. The lowest BCUT2D eigenvalue weighted by Crippen LogP contribution is -2.35. The number of rotatable bonds is 3. The van der Waals surface area contributed by atoms with Crippen LogP contribution >= 0.6 is 0 Å². The smallest absolute Gasteiger partial charge is 0.241 e. The average molecular weight is 328 g/mol. The van der Waals surface area contributed by atoms with Gasteiger partial charge in [0, 0.05) is 17.6 Å². The third kappa shape index (κ3) is 3.12. The molecule has 0 bridgehead atoms. The maximum Gasteiger partial charge on any atom is 0.241 e. The maximum atomic E-state index is 12.3. The van der Waals surface area contributed by atoms with Crippen molar-refractivity contribution < 1.29 is 16.8 Å². The fraction of sp³-hybridized carbons (Fsp3) is 0.385. The Kier molecular flexibility index (Phi) is 3.54. The van der Waals surface area contributed by atoms with Gasteiger partial charge in [-0.05, 0) is 30.5 Å². The molecule has 1 aromatic carbocycles. The van der Waals surface area contributed by atoms with Crippen molar-refractivity contribution in [2.75, 3.05) is 17.6 Å². The highest BCUT2D eigenvalue weighted by molar-refractivity contribution is 7.94. The number of hydrogen-bond donors (Lipinski definition) is 2. The van der Waals surface area contributed by atoms with E-state index in [1.807, 2.05) is 0 Å². The summed E-state index contributed by atoms with van der Waals surface area (Å²) in [6, 6.07) is 4.26. The monoisotopic (exact) mass is 328 g/mol. The molecule has 2 aliphatic rings. The van der Waals surface area contributed by atoms with Crippen molar-refractivity contribution in [3.8, 4) is 0 Å². The molecule has 0 aromatic heterocycles. The van der Waals surface area contributed by atoms with Crippen LogP contribution in [0.2, 0.25) is 0 Å². The summed E-state index contributed by atoms with van der Waals surface area (Å²) in [5.41, 5.74) is 1.93. The zero-order valence-electron chi connectivity index (χ0n) is 11.2. The van der Waals surface area contributed by atoms with Gasteiger partial charge in [0.1, 0.15) is 0 Å². The number of sulfonamides is 1. The van der Waals surface area contributed by atoms with Crippen LogP contribution in [0.1, 0.15) is 12.0 Å². The topological polar surface area (TPSA) is 92.3 Å².